The predicted octanol–water partition coefficient (Wildman–Crippen LogP) is 7.11. The van der Waals surface area contributed by atoms with Gasteiger partial charge in [0.05, 0.1) is 5.41 Å². The molecule has 0 aromatic heterocycles. The van der Waals surface area contributed by atoms with E-state index >= 15 is 0 Å². The Balaban J connectivity index is 1.70. The zero-order valence-electron chi connectivity index (χ0n) is 19.4. The van der Waals surface area contributed by atoms with Gasteiger partial charge in [-0.1, -0.05) is 75.8 Å². The number of nitrogens with one attached hydrogen (secondary N) is 1. The Morgan fingerprint density at radius 2 is 1.59 bits per heavy atom. The molecule has 3 rings (SSSR count). The Hall–Kier alpha value is -2.08. The standard InChI is InChI=1S/C26H35F3N2O/c1-4-5-6-7-8-9-10-11-19-12-13-21-17-22(15-14-20(21)16-19)23(26(27,28)29)31-18-25(2,3)24(32)30-31/h12-17,23H,4-11,18H2,1-3H3,(H,30,32)/t23-/m0/s1. The maximum atomic E-state index is 14.0. The number of unbranched alkanes of at least 4 members (excludes halogenated alkanes) is 6. The summed E-state index contributed by atoms with van der Waals surface area (Å²) in [5.74, 6) is -0.387. The van der Waals surface area contributed by atoms with Crippen LogP contribution < -0.4 is 5.43 Å². The Bertz CT molecular complexity index is 923. The van der Waals surface area contributed by atoms with Gasteiger partial charge in [0.2, 0.25) is 5.91 Å². The summed E-state index contributed by atoms with van der Waals surface area (Å²) in [4.78, 5) is 12.1. The van der Waals surface area contributed by atoms with E-state index in [1.165, 1.54) is 50.2 Å². The zero-order chi connectivity index (χ0) is 23.4. The molecule has 32 heavy (non-hydrogen) atoms. The molecule has 1 fully saturated rings. The highest BCUT2D eigenvalue weighted by molar-refractivity contribution is 5.85. The number of benzene rings is 2. The average Bonchev–Trinajstić information content (AvgIpc) is 2.98. The maximum Gasteiger partial charge on any atom is 0.409 e. The van der Waals surface area contributed by atoms with Crippen molar-refractivity contribution >= 4 is 16.7 Å². The summed E-state index contributed by atoms with van der Waals surface area (Å²) in [5, 5.41) is 2.75. The molecule has 1 heterocycles. The smallest absolute Gasteiger partial charge is 0.287 e. The molecular weight excluding hydrogens is 413 g/mol. The molecule has 1 N–H and O–H groups in total. The molecule has 0 radical (unpaired) electrons. The maximum absolute atomic E-state index is 14.0. The molecule has 1 atom stereocenters. The molecule has 0 spiro atoms. The Kier molecular flexibility index (Phi) is 7.86. The van der Waals surface area contributed by atoms with Gasteiger partial charge in [0, 0.05) is 6.54 Å². The first kappa shape index (κ1) is 24.6. The van der Waals surface area contributed by atoms with Crippen LogP contribution in [0.2, 0.25) is 0 Å². The van der Waals surface area contributed by atoms with Gasteiger partial charge in [-0.15, -0.1) is 0 Å². The first-order valence-electron chi connectivity index (χ1n) is 11.8. The molecule has 1 aliphatic heterocycles. The van der Waals surface area contributed by atoms with Crippen LogP contribution in [0.5, 0.6) is 0 Å². The lowest BCUT2D eigenvalue weighted by Gasteiger charge is -2.30. The number of aryl methyl sites for hydroxylation is 1. The Morgan fingerprint density at radius 1 is 0.969 bits per heavy atom. The average molecular weight is 449 g/mol. The van der Waals surface area contributed by atoms with Crippen LogP contribution >= 0.6 is 0 Å². The number of carbonyl (C=O) groups is 1. The molecule has 1 saturated heterocycles. The number of hydrazine groups is 1. The van der Waals surface area contributed by atoms with Crippen molar-refractivity contribution in [1.82, 2.24) is 10.4 Å². The minimum Gasteiger partial charge on any atom is -0.287 e. The van der Waals surface area contributed by atoms with Crippen molar-refractivity contribution < 1.29 is 18.0 Å². The molecule has 1 aliphatic rings. The van der Waals surface area contributed by atoms with Gasteiger partial charge in [-0.2, -0.15) is 13.2 Å². The van der Waals surface area contributed by atoms with Gasteiger partial charge in [-0.3, -0.25) is 10.2 Å². The van der Waals surface area contributed by atoms with Crippen LogP contribution in [-0.2, 0) is 11.2 Å². The fourth-order valence-electron chi connectivity index (χ4n) is 4.45. The van der Waals surface area contributed by atoms with E-state index in [1.807, 2.05) is 12.1 Å². The minimum atomic E-state index is -4.50. The molecule has 3 nitrogen and oxygen atoms in total. The van der Waals surface area contributed by atoms with Gasteiger partial charge < -0.3 is 0 Å². The molecule has 0 saturated carbocycles. The van der Waals surface area contributed by atoms with Crippen LogP contribution in [0.25, 0.3) is 10.8 Å². The second kappa shape index (κ2) is 10.2. The molecule has 1 amide bonds. The van der Waals surface area contributed by atoms with Gasteiger partial charge in [0.15, 0.2) is 0 Å². The van der Waals surface area contributed by atoms with Crippen molar-refractivity contribution in [3.05, 3.63) is 47.5 Å². The highest BCUT2D eigenvalue weighted by atomic mass is 19.4. The molecule has 2 aromatic rings. The summed E-state index contributed by atoms with van der Waals surface area (Å²) in [6.07, 6.45) is 5.28. The van der Waals surface area contributed by atoms with E-state index in [-0.39, 0.29) is 18.0 Å². The van der Waals surface area contributed by atoms with Crippen molar-refractivity contribution in [3.63, 3.8) is 0 Å². The van der Waals surface area contributed by atoms with Crippen molar-refractivity contribution in [2.75, 3.05) is 6.54 Å². The lowest BCUT2D eigenvalue weighted by atomic mass is 9.93. The minimum absolute atomic E-state index is 0.00539. The summed E-state index contributed by atoms with van der Waals surface area (Å²) in [5.41, 5.74) is 2.93. The van der Waals surface area contributed by atoms with Crippen LogP contribution in [0.4, 0.5) is 13.2 Å². The highest BCUT2D eigenvalue weighted by Gasteiger charge is 2.51. The van der Waals surface area contributed by atoms with Crippen LogP contribution in [-0.4, -0.2) is 23.6 Å². The topological polar surface area (TPSA) is 32.3 Å². The monoisotopic (exact) mass is 448 g/mol. The van der Waals surface area contributed by atoms with Gasteiger partial charge in [0.1, 0.15) is 6.04 Å². The number of rotatable bonds is 10. The summed E-state index contributed by atoms with van der Waals surface area (Å²) in [6, 6.07) is 9.05. The normalized spacial score (nSPS) is 17.6. The van der Waals surface area contributed by atoms with E-state index in [4.69, 9.17) is 0 Å². The van der Waals surface area contributed by atoms with Gasteiger partial charge in [-0.05, 0) is 54.7 Å². The number of amides is 1. The van der Waals surface area contributed by atoms with Gasteiger partial charge in [0.25, 0.3) is 0 Å². The number of hydrogen-bond donors (Lipinski definition) is 1. The predicted molar refractivity (Wildman–Crippen MR) is 123 cm³/mol. The lowest BCUT2D eigenvalue weighted by Crippen LogP contribution is -2.43. The van der Waals surface area contributed by atoms with E-state index in [2.05, 4.69) is 18.4 Å². The summed E-state index contributed by atoms with van der Waals surface area (Å²) in [6.45, 7) is 5.54. The second-order valence-electron chi connectivity index (χ2n) is 9.71. The molecular formula is C26H35F3N2O. The number of halogens is 3. The van der Waals surface area contributed by atoms with Crippen molar-refractivity contribution in [1.29, 1.82) is 0 Å². The molecule has 0 aliphatic carbocycles. The first-order valence-corrected chi connectivity index (χ1v) is 11.8. The van der Waals surface area contributed by atoms with Gasteiger partial charge >= 0.3 is 6.18 Å². The summed E-state index contributed by atoms with van der Waals surface area (Å²) < 4.78 is 41.9. The highest BCUT2D eigenvalue weighted by Crippen LogP contribution is 2.41. The van der Waals surface area contributed by atoms with Gasteiger partial charge in [-0.25, -0.2) is 5.01 Å². The number of alkyl halides is 3. The van der Waals surface area contributed by atoms with Crippen molar-refractivity contribution in [3.8, 4) is 0 Å². The molecule has 176 valence electrons. The Morgan fingerprint density at radius 3 is 2.22 bits per heavy atom. The van der Waals surface area contributed by atoms with E-state index in [1.54, 1.807) is 26.0 Å². The van der Waals surface area contributed by atoms with Crippen LogP contribution in [0.15, 0.2) is 36.4 Å². The quantitative estimate of drug-likeness (QED) is 0.393. The fraction of sp³-hybridized carbons (Fsp3) is 0.577. The Labute approximate surface area is 189 Å². The largest absolute Gasteiger partial charge is 0.409 e. The van der Waals surface area contributed by atoms with Crippen molar-refractivity contribution in [2.24, 2.45) is 5.41 Å². The van der Waals surface area contributed by atoms with Crippen LogP contribution in [0, 0.1) is 5.41 Å². The van der Waals surface area contributed by atoms with E-state index in [9.17, 15) is 18.0 Å². The third-order valence-electron chi connectivity index (χ3n) is 6.36. The van der Waals surface area contributed by atoms with E-state index < -0.39 is 17.6 Å². The molecule has 6 heteroatoms. The van der Waals surface area contributed by atoms with E-state index in [0.29, 0.717) is 0 Å². The van der Waals surface area contributed by atoms with Crippen LogP contribution in [0.3, 0.4) is 0 Å². The van der Waals surface area contributed by atoms with E-state index in [0.717, 1.165) is 28.6 Å². The third-order valence-corrected chi connectivity index (χ3v) is 6.36. The number of nitrogens with zero attached hydrogens (tertiary/aromatic N) is 1. The molecule has 0 bridgehead atoms. The second-order valence-corrected chi connectivity index (χ2v) is 9.71. The van der Waals surface area contributed by atoms with Crippen LogP contribution in [0.1, 0.15) is 82.9 Å². The SMILES string of the molecule is CCCCCCCCCc1ccc2cc([C@H](N3CC(C)(C)C(=O)N3)C(F)(F)F)ccc2c1. The lowest BCUT2D eigenvalue weighted by molar-refractivity contribution is -0.191. The number of hydrogen-bond acceptors (Lipinski definition) is 2. The summed E-state index contributed by atoms with van der Waals surface area (Å²) in [7, 11) is 0. The molecule has 2 aromatic carbocycles. The molecule has 0 unspecified atom stereocenters. The number of fused-ring (bicyclic) bond motifs is 1. The summed E-state index contributed by atoms with van der Waals surface area (Å²) >= 11 is 0. The number of carbonyl (C=O) groups excluding carboxylic acids is 1. The zero-order valence-corrected chi connectivity index (χ0v) is 19.4. The van der Waals surface area contributed by atoms with Crippen molar-refractivity contribution in [2.45, 2.75) is 84.4 Å². The fourth-order valence-corrected chi connectivity index (χ4v) is 4.45. The third kappa shape index (κ3) is 6.03. The first-order chi connectivity index (χ1) is 15.1.